The minimum atomic E-state index is -0.222. The highest BCUT2D eigenvalue weighted by molar-refractivity contribution is 14.1. The van der Waals surface area contributed by atoms with Crippen LogP contribution in [-0.2, 0) is 4.79 Å². The molecular formula is C17H16ClIN2O2. The first-order chi connectivity index (χ1) is 11.0. The Bertz CT molecular complexity index is 717. The normalized spacial score (nSPS) is 10.2. The summed E-state index contributed by atoms with van der Waals surface area (Å²) in [5.74, 6) is -0.355. The maximum absolute atomic E-state index is 12.0. The Morgan fingerprint density at radius 1 is 1.13 bits per heavy atom. The van der Waals surface area contributed by atoms with Crippen LogP contribution in [0.2, 0.25) is 5.02 Å². The molecule has 0 saturated carbocycles. The zero-order valence-corrected chi connectivity index (χ0v) is 15.4. The van der Waals surface area contributed by atoms with Crippen LogP contribution in [0.3, 0.4) is 0 Å². The van der Waals surface area contributed by atoms with Crippen LogP contribution >= 0.6 is 34.2 Å². The number of nitrogens with one attached hydrogen (secondary N) is 2. The van der Waals surface area contributed by atoms with E-state index in [9.17, 15) is 9.59 Å². The van der Waals surface area contributed by atoms with Gasteiger partial charge in [-0.3, -0.25) is 9.59 Å². The average Bonchev–Trinajstić information content (AvgIpc) is 2.52. The van der Waals surface area contributed by atoms with Gasteiger partial charge in [0.15, 0.2) is 0 Å². The van der Waals surface area contributed by atoms with Gasteiger partial charge in [-0.1, -0.05) is 17.7 Å². The molecule has 0 bridgehead atoms. The van der Waals surface area contributed by atoms with Crippen molar-refractivity contribution in [2.45, 2.75) is 13.3 Å². The fourth-order valence-corrected chi connectivity index (χ4v) is 2.57. The summed E-state index contributed by atoms with van der Waals surface area (Å²) in [7, 11) is 0. The molecule has 0 aliphatic carbocycles. The first-order valence-corrected chi connectivity index (χ1v) is 8.52. The molecule has 0 unspecified atom stereocenters. The van der Waals surface area contributed by atoms with Crippen molar-refractivity contribution in [1.82, 2.24) is 5.32 Å². The number of benzene rings is 2. The fourth-order valence-electron chi connectivity index (χ4n) is 1.95. The van der Waals surface area contributed by atoms with Crippen molar-refractivity contribution in [3.8, 4) is 0 Å². The van der Waals surface area contributed by atoms with Crippen molar-refractivity contribution in [2.24, 2.45) is 0 Å². The van der Waals surface area contributed by atoms with Crippen molar-refractivity contribution >= 4 is 51.7 Å². The van der Waals surface area contributed by atoms with Gasteiger partial charge in [0.1, 0.15) is 0 Å². The summed E-state index contributed by atoms with van der Waals surface area (Å²) < 4.78 is 1.09. The van der Waals surface area contributed by atoms with Crippen molar-refractivity contribution in [2.75, 3.05) is 11.9 Å². The fraction of sp³-hybridized carbons (Fsp3) is 0.176. The quantitative estimate of drug-likeness (QED) is 0.688. The van der Waals surface area contributed by atoms with Crippen LogP contribution in [0.15, 0.2) is 42.5 Å². The molecule has 0 heterocycles. The second-order valence-electron chi connectivity index (χ2n) is 4.97. The maximum atomic E-state index is 12.0. The van der Waals surface area contributed by atoms with E-state index in [0.717, 1.165) is 14.8 Å². The topological polar surface area (TPSA) is 58.2 Å². The van der Waals surface area contributed by atoms with E-state index < -0.39 is 0 Å². The number of anilines is 1. The molecule has 0 radical (unpaired) electrons. The molecule has 2 amide bonds. The molecular weight excluding hydrogens is 427 g/mol. The highest BCUT2D eigenvalue weighted by atomic mass is 127. The first kappa shape index (κ1) is 17.7. The highest BCUT2D eigenvalue weighted by Crippen LogP contribution is 2.20. The van der Waals surface area contributed by atoms with Crippen LogP contribution in [-0.4, -0.2) is 18.4 Å². The third-order valence-corrected chi connectivity index (χ3v) is 4.71. The van der Waals surface area contributed by atoms with Crippen LogP contribution in [0.25, 0.3) is 0 Å². The molecule has 0 aromatic heterocycles. The SMILES string of the molecule is Cc1c(I)cccc1NC(=O)CCNC(=O)c1ccc(Cl)cc1. The Morgan fingerprint density at radius 2 is 1.83 bits per heavy atom. The molecule has 0 atom stereocenters. The Morgan fingerprint density at radius 3 is 2.52 bits per heavy atom. The number of carbonyl (C=O) groups is 2. The van der Waals surface area contributed by atoms with Crippen LogP contribution in [0, 0.1) is 10.5 Å². The van der Waals surface area contributed by atoms with Crippen molar-refractivity contribution in [3.63, 3.8) is 0 Å². The summed E-state index contributed by atoms with van der Waals surface area (Å²) in [4.78, 5) is 23.9. The second kappa shape index (κ2) is 8.31. The van der Waals surface area contributed by atoms with Gasteiger partial charge in [-0.2, -0.15) is 0 Å². The van der Waals surface area contributed by atoms with Crippen LogP contribution in [0.5, 0.6) is 0 Å². The van der Waals surface area contributed by atoms with Crippen molar-refractivity contribution in [3.05, 3.63) is 62.2 Å². The van der Waals surface area contributed by atoms with Gasteiger partial charge in [0.25, 0.3) is 5.91 Å². The lowest BCUT2D eigenvalue weighted by Gasteiger charge is -2.10. The molecule has 23 heavy (non-hydrogen) atoms. The predicted octanol–water partition coefficient (Wildman–Crippen LogP) is 4.01. The first-order valence-electron chi connectivity index (χ1n) is 7.06. The number of halogens is 2. The van der Waals surface area contributed by atoms with E-state index in [0.29, 0.717) is 10.6 Å². The summed E-state index contributed by atoms with van der Waals surface area (Å²) >= 11 is 8.00. The summed E-state index contributed by atoms with van der Waals surface area (Å²) in [6.45, 7) is 2.23. The van der Waals surface area contributed by atoms with Gasteiger partial charge in [-0.25, -0.2) is 0 Å². The Hall–Kier alpha value is -1.60. The van der Waals surface area contributed by atoms with Crippen molar-refractivity contribution in [1.29, 1.82) is 0 Å². The average molecular weight is 443 g/mol. The number of hydrogen-bond acceptors (Lipinski definition) is 2. The Balaban J connectivity index is 1.82. The van der Waals surface area contributed by atoms with E-state index in [-0.39, 0.29) is 24.8 Å². The standard InChI is InChI=1S/C17H16ClIN2O2/c1-11-14(19)3-2-4-15(11)21-16(22)9-10-20-17(23)12-5-7-13(18)8-6-12/h2-8H,9-10H2,1H3,(H,20,23)(H,21,22). The molecule has 2 N–H and O–H groups in total. The third kappa shape index (κ3) is 5.21. The molecule has 0 aliphatic rings. The second-order valence-corrected chi connectivity index (χ2v) is 6.57. The Kier molecular flexibility index (Phi) is 6.41. The van der Waals surface area contributed by atoms with Crippen LogP contribution in [0.4, 0.5) is 5.69 Å². The smallest absolute Gasteiger partial charge is 0.251 e. The van der Waals surface area contributed by atoms with Crippen LogP contribution < -0.4 is 10.6 Å². The summed E-state index contributed by atoms with van der Waals surface area (Å²) in [5, 5.41) is 6.15. The minimum Gasteiger partial charge on any atom is -0.352 e. The van der Waals surface area contributed by atoms with Gasteiger partial charge in [0.05, 0.1) is 0 Å². The lowest BCUT2D eigenvalue weighted by Crippen LogP contribution is -2.27. The molecule has 2 aromatic rings. The zero-order chi connectivity index (χ0) is 16.8. The number of carbonyl (C=O) groups excluding carboxylic acids is 2. The van der Waals surface area contributed by atoms with E-state index >= 15 is 0 Å². The predicted molar refractivity (Wildman–Crippen MR) is 101 cm³/mol. The van der Waals surface area contributed by atoms with E-state index in [4.69, 9.17) is 11.6 Å². The van der Waals surface area contributed by atoms with Gasteiger partial charge in [0.2, 0.25) is 5.91 Å². The lowest BCUT2D eigenvalue weighted by molar-refractivity contribution is -0.116. The zero-order valence-electron chi connectivity index (χ0n) is 12.5. The van der Waals surface area contributed by atoms with E-state index in [1.165, 1.54) is 0 Å². The molecule has 0 spiro atoms. The van der Waals surface area contributed by atoms with Gasteiger partial charge in [-0.05, 0) is 71.5 Å². The molecule has 0 saturated heterocycles. The molecule has 4 nitrogen and oxygen atoms in total. The third-order valence-electron chi connectivity index (χ3n) is 3.29. The van der Waals surface area contributed by atoms with Gasteiger partial charge in [0, 0.05) is 32.8 Å². The summed E-state index contributed by atoms with van der Waals surface area (Å²) in [5.41, 5.74) is 2.35. The van der Waals surface area contributed by atoms with Gasteiger partial charge < -0.3 is 10.6 Å². The summed E-state index contributed by atoms with van der Waals surface area (Å²) in [6, 6.07) is 12.3. The largest absolute Gasteiger partial charge is 0.352 e. The molecule has 2 rings (SSSR count). The van der Waals surface area contributed by atoms with Crippen LogP contribution in [0.1, 0.15) is 22.3 Å². The highest BCUT2D eigenvalue weighted by Gasteiger charge is 2.08. The Labute approximate surface area is 153 Å². The molecule has 120 valence electrons. The molecule has 2 aromatic carbocycles. The van der Waals surface area contributed by atoms with Gasteiger partial charge in [-0.15, -0.1) is 0 Å². The minimum absolute atomic E-state index is 0.133. The summed E-state index contributed by atoms with van der Waals surface area (Å²) in [6.07, 6.45) is 0.213. The number of rotatable bonds is 5. The van der Waals surface area contributed by atoms with Crippen molar-refractivity contribution < 1.29 is 9.59 Å². The van der Waals surface area contributed by atoms with Gasteiger partial charge >= 0.3 is 0 Å². The molecule has 0 fully saturated rings. The van der Waals surface area contributed by atoms with E-state index in [2.05, 4.69) is 33.2 Å². The van der Waals surface area contributed by atoms with E-state index in [1.54, 1.807) is 24.3 Å². The maximum Gasteiger partial charge on any atom is 0.251 e. The van der Waals surface area contributed by atoms with E-state index in [1.807, 2.05) is 25.1 Å². The molecule has 6 heteroatoms. The molecule has 0 aliphatic heterocycles. The number of amides is 2. The lowest BCUT2D eigenvalue weighted by atomic mass is 10.2. The number of hydrogen-bond donors (Lipinski definition) is 2. The monoisotopic (exact) mass is 442 g/mol.